The second-order valence-corrected chi connectivity index (χ2v) is 7.73. The Hall–Kier alpha value is -4.28. The van der Waals surface area contributed by atoms with Gasteiger partial charge in [-0.05, 0) is 49.4 Å². The van der Waals surface area contributed by atoms with E-state index in [1.807, 2.05) is 0 Å². The van der Waals surface area contributed by atoms with Gasteiger partial charge in [-0.25, -0.2) is 22.9 Å². The number of ether oxygens (including phenoxy) is 1. The van der Waals surface area contributed by atoms with E-state index in [4.69, 9.17) is 4.74 Å². The molecule has 0 aliphatic heterocycles. The third-order valence-corrected chi connectivity index (χ3v) is 5.32. The molecule has 0 bridgehead atoms. The van der Waals surface area contributed by atoms with Crippen molar-refractivity contribution >= 4 is 5.97 Å². The maximum absolute atomic E-state index is 14.1. The fourth-order valence-electron chi connectivity index (χ4n) is 3.61. The normalized spacial score (nSPS) is 11.5. The van der Waals surface area contributed by atoms with Crippen molar-refractivity contribution in [1.29, 1.82) is 0 Å². The van der Waals surface area contributed by atoms with Gasteiger partial charge in [0.25, 0.3) is 0 Å². The number of pyridine rings is 1. The highest BCUT2D eigenvalue weighted by Crippen LogP contribution is 2.39. The van der Waals surface area contributed by atoms with Crippen molar-refractivity contribution in [2.24, 2.45) is 0 Å². The van der Waals surface area contributed by atoms with Crippen molar-refractivity contribution in [1.82, 2.24) is 9.55 Å². The van der Waals surface area contributed by atoms with Crippen LogP contribution < -0.4 is 4.74 Å². The summed E-state index contributed by atoms with van der Waals surface area (Å²) in [4.78, 5) is 15.4. The molecule has 2 aromatic heterocycles. The Morgan fingerprint density at radius 1 is 1.00 bits per heavy atom. The molecule has 11 heteroatoms. The van der Waals surface area contributed by atoms with Gasteiger partial charge in [-0.1, -0.05) is 6.07 Å². The summed E-state index contributed by atoms with van der Waals surface area (Å²) in [6.45, 7) is 0.902. The Balaban J connectivity index is 1.84. The number of nitrogens with zero attached hydrogens (tertiary/aromatic N) is 2. The molecule has 0 amide bonds. The Bertz CT molecular complexity index is 1440. The molecule has 0 aliphatic rings. The van der Waals surface area contributed by atoms with Crippen LogP contribution >= 0.6 is 0 Å². The number of aromatic carboxylic acids is 1. The van der Waals surface area contributed by atoms with E-state index in [0.717, 1.165) is 18.2 Å². The molecule has 1 N–H and O–H groups in total. The van der Waals surface area contributed by atoms with E-state index in [9.17, 15) is 36.2 Å². The molecule has 0 saturated carbocycles. The number of carboxylic acids is 1. The van der Waals surface area contributed by atoms with Crippen LogP contribution in [0.3, 0.4) is 0 Å². The fourth-order valence-corrected chi connectivity index (χ4v) is 3.61. The maximum Gasteiger partial charge on any atom is 0.416 e. The number of hydrogen-bond donors (Lipinski definition) is 1. The van der Waals surface area contributed by atoms with Gasteiger partial charge < -0.3 is 9.84 Å². The molecule has 4 rings (SSSR count). The summed E-state index contributed by atoms with van der Waals surface area (Å²) in [5.74, 6) is -4.89. The lowest BCUT2D eigenvalue weighted by atomic mass is 10.1. The molecule has 0 unspecified atom stereocenters. The first-order valence-electron chi connectivity index (χ1n) is 10.3. The maximum atomic E-state index is 14.1. The Kier molecular flexibility index (Phi) is 6.49. The predicted molar refractivity (Wildman–Crippen MR) is 116 cm³/mol. The van der Waals surface area contributed by atoms with Crippen LogP contribution in [0.2, 0.25) is 0 Å². The van der Waals surface area contributed by atoms with Crippen molar-refractivity contribution in [2.45, 2.75) is 19.7 Å². The number of aryl methyl sites for hydroxylation is 1. The Morgan fingerprint density at radius 2 is 1.69 bits per heavy atom. The van der Waals surface area contributed by atoms with E-state index in [2.05, 4.69) is 4.98 Å². The molecule has 2 aromatic carbocycles. The number of aromatic nitrogens is 2. The van der Waals surface area contributed by atoms with E-state index in [1.54, 1.807) is 13.0 Å². The summed E-state index contributed by atoms with van der Waals surface area (Å²) in [5.41, 5.74) is -1.33. The van der Waals surface area contributed by atoms with E-state index in [0.29, 0.717) is 17.8 Å². The second kappa shape index (κ2) is 9.40. The molecule has 0 radical (unpaired) electrons. The van der Waals surface area contributed by atoms with Crippen molar-refractivity contribution in [2.75, 3.05) is 0 Å². The summed E-state index contributed by atoms with van der Waals surface area (Å²) in [5, 5.41) is 9.27. The first-order valence-corrected chi connectivity index (χ1v) is 10.3. The highest BCUT2D eigenvalue weighted by molar-refractivity contribution is 5.85. The summed E-state index contributed by atoms with van der Waals surface area (Å²) in [7, 11) is 0. The molecule has 5 nitrogen and oxygen atoms in total. The topological polar surface area (TPSA) is 64.3 Å². The number of benzene rings is 2. The molecule has 0 atom stereocenters. The van der Waals surface area contributed by atoms with Crippen LogP contribution in [0.15, 0.2) is 60.7 Å². The summed E-state index contributed by atoms with van der Waals surface area (Å²) < 4.78 is 88.9. The zero-order valence-corrected chi connectivity index (χ0v) is 18.4. The van der Waals surface area contributed by atoms with Crippen molar-refractivity contribution < 1.29 is 41.0 Å². The van der Waals surface area contributed by atoms with Crippen LogP contribution in [0.1, 0.15) is 27.3 Å². The predicted octanol–water partition coefficient (Wildman–Crippen LogP) is 6.56. The number of rotatable bonds is 6. The molecular formula is C25H16F6N2O3. The monoisotopic (exact) mass is 506 g/mol. The van der Waals surface area contributed by atoms with Crippen LogP contribution in [-0.2, 0) is 12.8 Å². The quantitative estimate of drug-likeness (QED) is 0.301. The third-order valence-electron chi connectivity index (χ3n) is 5.32. The molecule has 4 aromatic rings. The second-order valence-electron chi connectivity index (χ2n) is 7.73. The van der Waals surface area contributed by atoms with Crippen LogP contribution in [0.25, 0.3) is 17.1 Å². The number of carbonyl (C=O) groups is 1. The van der Waals surface area contributed by atoms with E-state index >= 15 is 0 Å². The van der Waals surface area contributed by atoms with Crippen molar-refractivity contribution in [3.63, 3.8) is 0 Å². The van der Waals surface area contributed by atoms with Gasteiger partial charge in [0.05, 0.1) is 16.8 Å². The van der Waals surface area contributed by atoms with Gasteiger partial charge in [0, 0.05) is 23.4 Å². The van der Waals surface area contributed by atoms with Crippen molar-refractivity contribution in [3.8, 4) is 22.8 Å². The molecule has 0 saturated heterocycles. The summed E-state index contributed by atoms with van der Waals surface area (Å²) in [6.07, 6.45) is -4.71. The van der Waals surface area contributed by atoms with E-state index < -0.39 is 47.3 Å². The average Bonchev–Trinajstić information content (AvgIpc) is 3.19. The number of carboxylic acid groups (broad SMARTS) is 1. The Morgan fingerprint density at radius 3 is 2.33 bits per heavy atom. The van der Waals surface area contributed by atoms with Crippen LogP contribution in [-0.4, -0.2) is 20.6 Å². The number of alkyl halides is 3. The van der Waals surface area contributed by atoms with Gasteiger partial charge in [-0.15, -0.1) is 0 Å². The minimum Gasteiger partial charge on any atom is -0.488 e. The lowest BCUT2D eigenvalue weighted by Gasteiger charge is -2.18. The van der Waals surface area contributed by atoms with Gasteiger partial charge in [0.15, 0.2) is 5.69 Å². The highest BCUT2D eigenvalue weighted by Gasteiger charge is 2.32. The third kappa shape index (κ3) is 4.90. The minimum atomic E-state index is -4.71. The summed E-state index contributed by atoms with van der Waals surface area (Å²) >= 11 is 0. The molecule has 0 spiro atoms. The molecule has 0 fully saturated rings. The Labute approximate surface area is 200 Å². The largest absolute Gasteiger partial charge is 0.488 e. The first kappa shape index (κ1) is 24.8. The smallest absolute Gasteiger partial charge is 0.416 e. The molecule has 2 heterocycles. The van der Waals surface area contributed by atoms with Crippen molar-refractivity contribution in [3.05, 3.63) is 101 Å². The standard InChI is InChI=1S/C25H16F6N2O3/c1-13-5-7-21(33(13)23-4-2-3-20(32-23)24(34)35)16-9-14(25(29,30)31)6-8-22(16)36-12-17-18(27)10-15(26)11-19(17)28/h2-11H,12H2,1H3,(H,34,35). The molecular weight excluding hydrogens is 490 g/mol. The van der Waals surface area contributed by atoms with E-state index in [1.165, 1.54) is 28.8 Å². The highest BCUT2D eigenvalue weighted by atomic mass is 19.4. The minimum absolute atomic E-state index is 0.0941. The molecule has 0 aliphatic carbocycles. The van der Waals surface area contributed by atoms with E-state index in [-0.39, 0.29) is 28.5 Å². The van der Waals surface area contributed by atoms with Gasteiger partial charge in [0.2, 0.25) is 0 Å². The number of hydrogen-bond acceptors (Lipinski definition) is 3. The lowest BCUT2D eigenvalue weighted by Crippen LogP contribution is -2.09. The van der Waals surface area contributed by atoms with Crippen LogP contribution in [0.4, 0.5) is 26.3 Å². The van der Waals surface area contributed by atoms with Crippen LogP contribution in [0, 0.1) is 24.4 Å². The first-order chi connectivity index (χ1) is 17.0. The van der Waals surface area contributed by atoms with Crippen LogP contribution in [0.5, 0.6) is 5.75 Å². The zero-order chi connectivity index (χ0) is 26.2. The molecule has 36 heavy (non-hydrogen) atoms. The SMILES string of the molecule is Cc1ccc(-c2cc(C(F)(F)F)ccc2OCc2c(F)cc(F)cc2F)n1-c1cccc(C(=O)O)n1. The fraction of sp³-hybridized carbons (Fsp3) is 0.120. The zero-order valence-electron chi connectivity index (χ0n) is 18.4. The number of halogens is 6. The lowest BCUT2D eigenvalue weighted by molar-refractivity contribution is -0.137. The summed E-state index contributed by atoms with van der Waals surface area (Å²) in [6, 6.07) is 10.7. The molecule has 186 valence electrons. The van der Waals surface area contributed by atoms with Gasteiger partial charge in [0.1, 0.15) is 35.6 Å². The average molecular weight is 506 g/mol. The van der Waals surface area contributed by atoms with Gasteiger partial charge in [-0.2, -0.15) is 13.2 Å². The van der Waals surface area contributed by atoms with Gasteiger partial charge >= 0.3 is 12.1 Å². The van der Waals surface area contributed by atoms with Gasteiger partial charge in [-0.3, -0.25) is 4.57 Å².